The average molecular weight is 312 g/mol. The largest absolute Gasteiger partial charge is 0.444 e. The molecule has 3 rings (SSSR count). The highest BCUT2D eigenvalue weighted by Crippen LogP contribution is 2.14. The molecule has 0 amide bonds. The number of nitrogens with one attached hydrogen (secondary N) is 1. The van der Waals surface area contributed by atoms with Crippen molar-refractivity contribution in [1.29, 1.82) is 0 Å². The van der Waals surface area contributed by atoms with E-state index in [1.807, 2.05) is 51.1 Å². The number of benzene rings is 1. The average Bonchev–Trinajstić information content (AvgIpc) is 3.13. The van der Waals surface area contributed by atoms with Crippen molar-refractivity contribution in [3.05, 3.63) is 65.0 Å². The fourth-order valence-corrected chi connectivity index (χ4v) is 2.24. The number of rotatable bonds is 6. The maximum Gasteiger partial charge on any atom is 0.243 e. The van der Waals surface area contributed by atoms with Crippen molar-refractivity contribution in [3.63, 3.8) is 0 Å². The predicted molar refractivity (Wildman–Crippen MR) is 84.8 cm³/mol. The van der Waals surface area contributed by atoms with Crippen LogP contribution in [0.25, 0.3) is 0 Å². The Bertz CT molecular complexity index is 745. The molecule has 0 unspecified atom stereocenters. The first-order chi connectivity index (χ1) is 11.1. The van der Waals surface area contributed by atoms with Crippen LogP contribution in [0.4, 0.5) is 0 Å². The highest BCUT2D eigenvalue weighted by molar-refractivity contribution is 5.18. The minimum atomic E-state index is -0.0699. The molecule has 1 aromatic carbocycles. The topological polar surface area (TPSA) is 77.0 Å². The maximum absolute atomic E-state index is 5.54. The van der Waals surface area contributed by atoms with Gasteiger partial charge in [0.15, 0.2) is 5.82 Å². The first-order valence-corrected chi connectivity index (χ1v) is 7.64. The number of oxazole rings is 1. The van der Waals surface area contributed by atoms with Gasteiger partial charge in [0.2, 0.25) is 11.8 Å². The van der Waals surface area contributed by atoms with Gasteiger partial charge < -0.3 is 8.94 Å². The van der Waals surface area contributed by atoms with Gasteiger partial charge in [0.1, 0.15) is 5.76 Å². The van der Waals surface area contributed by atoms with E-state index in [0.29, 0.717) is 30.6 Å². The summed E-state index contributed by atoms with van der Waals surface area (Å²) in [5, 5.41) is 7.32. The van der Waals surface area contributed by atoms with Gasteiger partial charge in [0.05, 0.1) is 18.3 Å². The first kappa shape index (κ1) is 15.4. The van der Waals surface area contributed by atoms with Crippen LogP contribution in [-0.2, 0) is 13.0 Å². The quantitative estimate of drug-likeness (QED) is 0.753. The molecule has 0 radical (unpaired) electrons. The normalized spacial score (nSPS) is 12.5. The van der Waals surface area contributed by atoms with Crippen LogP contribution in [0.5, 0.6) is 0 Å². The summed E-state index contributed by atoms with van der Waals surface area (Å²) in [7, 11) is 0. The number of hydrogen-bond donors (Lipinski definition) is 1. The smallest absolute Gasteiger partial charge is 0.243 e. The molecule has 2 aromatic heterocycles. The molecule has 0 fully saturated rings. The van der Waals surface area contributed by atoms with E-state index in [0.717, 1.165) is 17.0 Å². The van der Waals surface area contributed by atoms with Gasteiger partial charge in [-0.25, -0.2) is 4.98 Å². The van der Waals surface area contributed by atoms with E-state index in [9.17, 15) is 0 Å². The Kier molecular flexibility index (Phi) is 4.52. The Labute approximate surface area is 134 Å². The van der Waals surface area contributed by atoms with Crippen molar-refractivity contribution in [1.82, 2.24) is 20.4 Å². The van der Waals surface area contributed by atoms with E-state index in [4.69, 9.17) is 8.94 Å². The van der Waals surface area contributed by atoms with Gasteiger partial charge in [0, 0.05) is 6.42 Å². The third-order valence-corrected chi connectivity index (χ3v) is 3.69. The molecular formula is C17H20N4O2. The maximum atomic E-state index is 5.54. The van der Waals surface area contributed by atoms with Gasteiger partial charge in [-0.1, -0.05) is 35.5 Å². The van der Waals surface area contributed by atoms with Crippen LogP contribution in [0, 0.1) is 13.8 Å². The van der Waals surface area contributed by atoms with Crippen molar-refractivity contribution in [3.8, 4) is 0 Å². The summed E-state index contributed by atoms with van der Waals surface area (Å²) >= 11 is 0. The summed E-state index contributed by atoms with van der Waals surface area (Å²) < 4.78 is 10.9. The van der Waals surface area contributed by atoms with Crippen molar-refractivity contribution in [2.75, 3.05) is 0 Å². The fraction of sp³-hybridized carbons (Fsp3) is 0.353. The zero-order chi connectivity index (χ0) is 16.2. The molecule has 0 bridgehead atoms. The van der Waals surface area contributed by atoms with E-state index in [-0.39, 0.29) is 6.04 Å². The summed E-state index contributed by atoms with van der Waals surface area (Å²) in [5.74, 6) is 2.76. The highest BCUT2D eigenvalue weighted by Gasteiger charge is 2.15. The fourth-order valence-electron chi connectivity index (χ4n) is 2.24. The molecule has 1 N–H and O–H groups in total. The molecule has 0 spiro atoms. The van der Waals surface area contributed by atoms with Crippen LogP contribution < -0.4 is 5.32 Å². The van der Waals surface area contributed by atoms with Crippen molar-refractivity contribution in [2.24, 2.45) is 0 Å². The summed E-state index contributed by atoms with van der Waals surface area (Å²) in [4.78, 5) is 8.79. The highest BCUT2D eigenvalue weighted by atomic mass is 16.5. The third kappa shape index (κ3) is 3.84. The molecule has 3 aromatic rings. The van der Waals surface area contributed by atoms with E-state index in [2.05, 4.69) is 20.4 Å². The molecule has 0 aliphatic rings. The molecule has 0 aliphatic carbocycles. The minimum Gasteiger partial charge on any atom is -0.444 e. The second kappa shape index (κ2) is 6.75. The van der Waals surface area contributed by atoms with Crippen LogP contribution in [0.1, 0.15) is 47.6 Å². The van der Waals surface area contributed by atoms with Crippen molar-refractivity contribution in [2.45, 2.75) is 39.8 Å². The van der Waals surface area contributed by atoms with Crippen LogP contribution in [-0.4, -0.2) is 15.1 Å². The Morgan fingerprint density at radius 2 is 1.91 bits per heavy atom. The SMILES string of the molecule is Cc1nc(CN[C@H](C)c2nc(Cc3ccccc3)no2)oc1C. The molecular weight excluding hydrogens is 292 g/mol. The second-order valence-corrected chi connectivity index (χ2v) is 5.56. The summed E-state index contributed by atoms with van der Waals surface area (Å²) in [5.41, 5.74) is 2.07. The first-order valence-electron chi connectivity index (χ1n) is 7.64. The Morgan fingerprint density at radius 1 is 1.13 bits per heavy atom. The second-order valence-electron chi connectivity index (χ2n) is 5.56. The van der Waals surface area contributed by atoms with E-state index >= 15 is 0 Å². The van der Waals surface area contributed by atoms with Gasteiger partial charge in [0.25, 0.3) is 0 Å². The lowest BCUT2D eigenvalue weighted by molar-refractivity contribution is 0.328. The molecule has 2 heterocycles. The monoisotopic (exact) mass is 312 g/mol. The summed E-state index contributed by atoms with van der Waals surface area (Å²) in [6, 6.07) is 10.0. The van der Waals surface area contributed by atoms with Gasteiger partial charge in [-0.3, -0.25) is 5.32 Å². The predicted octanol–water partition coefficient (Wildman–Crippen LogP) is 3.12. The van der Waals surface area contributed by atoms with E-state index in [1.165, 1.54) is 0 Å². The lowest BCUT2D eigenvalue weighted by Crippen LogP contribution is -2.18. The number of hydrogen-bond acceptors (Lipinski definition) is 6. The number of aromatic nitrogens is 3. The standard InChI is InChI=1S/C17H20N4O2/c1-11-13(3)22-16(19-11)10-18-12(2)17-20-15(21-23-17)9-14-7-5-4-6-8-14/h4-8,12,18H,9-10H2,1-3H3/t12-/m1/s1. The zero-order valence-electron chi connectivity index (χ0n) is 13.5. The summed E-state index contributed by atoms with van der Waals surface area (Å²) in [6.45, 7) is 6.33. The van der Waals surface area contributed by atoms with Gasteiger partial charge in [-0.05, 0) is 26.3 Å². The number of nitrogens with zero attached hydrogens (tertiary/aromatic N) is 3. The Balaban J connectivity index is 1.58. The lowest BCUT2D eigenvalue weighted by atomic mass is 10.1. The molecule has 120 valence electrons. The van der Waals surface area contributed by atoms with Crippen LogP contribution in [0.15, 0.2) is 39.3 Å². The molecule has 1 atom stereocenters. The van der Waals surface area contributed by atoms with Crippen LogP contribution >= 0.6 is 0 Å². The van der Waals surface area contributed by atoms with E-state index < -0.39 is 0 Å². The summed E-state index contributed by atoms with van der Waals surface area (Å²) in [6.07, 6.45) is 0.662. The van der Waals surface area contributed by atoms with Crippen LogP contribution in [0.3, 0.4) is 0 Å². The zero-order valence-corrected chi connectivity index (χ0v) is 13.5. The number of aryl methyl sites for hydroxylation is 2. The molecule has 0 saturated carbocycles. The van der Waals surface area contributed by atoms with E-state index in [1.54, 1.807) is 0 Å². The molecule has 6 nitrogen and oxygen atoms in total. The molecule has 23 heavy (non-hydrogen) atoms. The van der Waals surface area contributed by atoms with Crippen molar-refractivity contribution < 1.29 is 8.94 Å². The Hall–Kier alpha value is -2.47. The molecule has 0 aliphatic heterocycles. The Morgan fingerprint density at radius 3 is 2.61 bits per heavy atom. The van der Waals surface area contributed by atoms with Gasteiger partial charge in [-0.15, -0.1) is 0 Å². The van der Waals surface area contributed by atoms with Crippen molar-refractivity contribution >= 4 is 0 Å². The molecule has 6 heteroatoms. The molecule has 0 saturated heterocycles. The van der Waals surface area contributed by atoms with Crippen LogP contribution in [0.2, 0.25) is 0 Å². The lowest BCUT2D eigenvalue weighted by Gasteiger charge is -2.06. The van der Waals surface area contributed by atoms with Gasteiger partial charge >= 0.3 is 0 Å². The third-order valence-electron chi connectivity index (χ3n) is 3.69. The van der Waals surface area contributed by atoms with Gasteiger partial charge in [-0.2, -0.15) is 4.98 Å². The minimum absolute atomic E-state index is 0.0699.